The predicted molar refractivity (Wildman–Crippen MR) is 75.3 cm³/mol. The Kier molecular flexibility index (Phi) is 5.73. The van der Waals surface area contributed by atoms with Crippen LogP contribution in [0.5, 0.6) is 0 Å². The number of hydrogen-bond donors (Lipinski definition) is 1. The van der Waals surface area contributed by atoms with Crippen molar-refractivity contribution < 1.29 is 8.42 Å². The summed E-state index contributed by atoms with van der Waals surface area (Å²) in [5.74, 6) is 2.74. The fraction of sp³-hybridized carbons (Fsp3) is 0.429. The molecule has 0 spiro atoms. The van der Waals surface area contributed by atoms with E-state index in [1.54, 1.807) is 18.2 Å². The maximum absolute atomic E-state index is 12.1. The Morgan fingerprint density at radius 3 is 2.72 bits per heavy atom. The molecule has 0 amide bonds. The van der Waals surface area contributed by atoms with Crippen molar-refractivity contribution in [2.45, 2.75) is 31.1 Å². The van der Waals surface area contributed by atoms with Crippen molar-refractivity contribution in [1.82, 2.24) is 0 Å². The molecule has 0 aliphatic rings. The Labute approximate surface area is 110 Å². The van der Waals surface area contributed by atoms with Gasteiger partial charge in [0.05, 0.1) is 16.3 Å². The molecule has 0 aliphatic heterocycles. The molecule has 0 fully saturated rings. The van der Waals surface area contributed by atoms with Crippen LogP contribution in [-0.2, 0) is 9.84 Å². The quantitative estimate of drug-likeness (QED) is 0.609. The van der Waals surface area contributed by atoms with Crippen LogP contribution < -0.4 is 5.32 Å². The zero-order chi connectivity index (χ0) is 13.4. The molecular formula is C14H19NO2S. The second-order valence-corrected chi connectivity index (χ2v) is 6.13. The molecule has 1 aromatic carbocycles. The van der Waals surface area contributed by atoms with Crippen LogP contribution in [0, 0.1) is 12.3 Å². The number of hydrogen-bond acceptors (Lipinski definition) is 3. The van der Waals surface area contributed by atoms with Gasteiger partial charge >= 0.3 is 0 Å². The molecule has 1 N–H and O–H groups in total. The lowest BCUT2D eigenvalue weighted by atomic mass is 10.3. The van der Waals surface area contributed by atoms with Crippen molar-refractivity contribution in [3.05, 3.63) is 24.3 Å². The van der Waals surface area contributed by atoms with Crippen molar-refractivity contribution in [3.63, 3.8) is 0 Å². The predicted octanol–water partition coefficient (Wildman–Crippen LogP) is 2.70. The van der Waals surface area contributed by atoms with E-state index in [2.05, 4.69) is 11.2 Å². The summed E-state index contributed by atoms with van der Waals surface area (Å²) in [6, 6.07) is 7.01. The minimum absolute atomic E-state index is 0.177. The maximum Gasteiger partial charge on any atom is 0.180 e. The van der Waals surface area contributed by atoms with Gasteiger partial charge in [0.15, 0.2) is 9.84 Å². The highest BCUT2D eigenvalue weighted by Gasteiger charge is 2.16. The fourth-order valence-electron chi connectivity index (χ4n) is 1.68. The first kappa shape index (κ1) is 14.6. The Balaban J connectivity index is 2.84. The molecular weight excluding hydrogens is 246 g/mol. The van der Waals surface area contributed by atoms with E-state index in [1.165, 1.54) is 0 Å². The van der Waals surface area contributed by atoms with E-state index < -0.39 is 9.84 Å². The van der Waals surface area contributed by atoms with Gasteiger partial charge in [-0.15, -0.1) is 12.3 Å². The van der Waals surface area contributed by atoms with Crippen LogP contribution in [0.2, 0.25) is 0 Å². The van der Waals surface area contributed by atoms with Crippen molar-refractivity contribution in [3.8, 4) is 12.3 Å². The van der Waals surface area contributed by atoms with Gasteiger partial charge in [0, 0.05) is 13.0 Å². The molecule has 0 radical (unpaired) electrons. The Bertz CT molecular complexity index is 515. The van der Waals surface area contributed by atoms with Gasteiger partial charge < -0.3 is 5.32 Å². The molecule has 0 saturated carbocycles. The second-order valence-electron chi connectivity index (χ2n) is 4.05. The standard InChI is InChI=1S/C14H19NO2S/c1-3-5-8-11-15-13-9-6-7-10-14(13)18(16,17)12-4-2/h1,6-7,9-10,15H,4-5,8,11-12H2,2H3. The van der Waals surface area contributed by atoms with Gasteiger partial charge in [-0.3, -0.25) is 0 Å². The fourth-order valence-corrected chi connectivity index (χ4v) is 3.19. The first-order valence-electron chi connectivity index (χ1n) is 6.11. The van der Waals surface area contributed by atoms with Gasteiger partial charge in [0.25, 0.3) is 0 Å². The van der Waals surface area contributed by atoms with Gasteiger partial charge in [0.1, 0.15) is 0 Å². The van der Waals surface area contributed by atoms with Crippen LogP contribution in [0.3, 0.4) is 0 Å². The zero-order valence-corrected chi connectivity index (χ0v) is 11.5. The third-order valence-electron chi connectivity index (χ3n) is 2.51. The molecule has 0 aromatic heterocycles. The highest BCUT2D eigenvalue weighted by atomic mass is 32.2. The molecule has 3 nitrogen and oxygen atoms in total. The summed E-state index contributed by atoms with van der Waals surface area (Å²) in [5, 5.41) is 3.14. The van der Waals surface area contributed by atoms with Crippen molar-refractivity contribution in [2.24, 2.45) is 0 Å². The minimum atomic E-state index is -3.19. The number of anilines is 1. The average molecular weight is 265 g/mol. The van der Waals surface area contributed by atoms with Gasteiger partial charge in [-0.25, -0.2) is 8.42 Å². The molecule has 98 valence electrons. The average Bonchev–Trinajstić information content (AvgIpc) is 2.35. The van der Waals surface area contributed by atoms with E-state index in [-0.39, 0.29) is 5.75 Å². The topological polar surface area (TPSA) is 46.2 Å². The molecule has 4 heteroatoms. The summed E-state index contributed by atoms with van der Waals surface area (Å²) < 4.78 is 24.1. The lowest BCUT2D eigenvalue weighted by molar-refractivity contribution is 0.595. The number of benzene rings is 1. The van der Waals surface area contributed by atoms with Gasteiger partial charge in [-0.1, -0.05) is 19.1 Å². The molecule has 0 unspecified atom stereocenters. The molecule has 0 bridgehead atoms. The Morgan fingerprint density at radius 1 is 1.33 bits per heavy atom. The minimum Gasteiger partial charge on any atom is -0.384 e. The van der Waals surface area contributed by atoms with Crippen LogP contribution in [0.4, 0.5) is 5.69 Å². The highest BCUT2D eigenvalue weighted by molar-refractivity contribution is 7.91. The normalized spacial score (nSPS) is 10.9. The summed E-state index contributed by atoms with van der Waals surface area (Å²) in [5.41, 5.74) is 0.669. The summed E-state index contributed by atoms with van der Waals surface area (Å²) in [7, 11) is -3.19. The van der Waals surface area contributed by atoms with E-state index in [9.17, 15) is 8.42 Å². The van der Waals surface area contributed by atoms with Crippen LogP contribution in [0.15, 0.2) is 29.2 Å². The van der Waals surface area contributed by atoms with E-state index in [0.717, 1.165) is 6.42 Å². The third-order valence-corrected chi connectivity index (χ3v) is 4.48. The van der Waals surface area contributed by atoms with Crippen molar-refractivity contribution in [2.75, 3.05) is 17.6 Å². The van der Waals surface area contributed by atoms with Crippen LogP contribution in [-0.4, -0.2) is 20.7 Å². The number of unbranched alkanes of at least 4 members (excludes halogenated alkanes) is 1. The highest BCUT2D eigenvalue weighted by Crippen LogP contribution is 2.22. The number of rotatable bonds is 7. The van der Waals surface area contributed by atoms with Crippen LogP contribution >= 0.6 is 0 Å². The number of terminal acetylenes is 1. The van der Waals surface area contributed by atoms with Crippen LogP contribution in [0.25, 0.3) is 0 Å². The molecule has 1 aromatic rings. The molecule has 0 saturated heterocycles. The smallest absolute Gasteiger partial charge is 0.180 e. The largest absolute Gasteiger partial charge is 0.384 e. The molecule has 18 heavy (non-hydrogen) atoms. The molecule has 0 aliphatic carbocycles. The number of nitrogens with one attached hydrogen (secondary N) is 1. The van der Waals surface area contributed by atoms with Gasteiger partial charge in [0.2, 0.25) is 0 Å². The number of sulfone groups is 1. The molecule has 0 atom stereocenters. The summed E-state index contributed by atoms with van der Waals surface area (Å²) in [4.78, 5) is 0.382. The van der Waals surface area contributed by atoms with Crippen molar-refractivity contribution in [1.29, 1.82) is 0 Å². The van der Waals surface area contributed by atoms with E-state index in [0.29, 0.717) is 30.0 Å². The SMILES string of the molecule is C#CCCCNc1ccccc1S(=O)(=O)CCC. The van der Waals surface area contributed by atoms with E-state index in [1.807, 2.05) is 13.0 Å². The van der Waals surface area contributed by atoms with E-state index >= 15 is 0 Å². The zero-order valence-electron chi connectivity index (χ0n) is 10.6. The Morgan fingerprint density at radius 2 is 2.06 bits per heavy atom. The van der Waals surface area contributed by atoms with Gasteiger partial charge in [-0.05, 0) is 25.0 Å². The van der Waals surface area contributed by atoms with Crippen LogP contribution in [0.1, 0.15) is 26.2 Å². The lowest BCUT2D eigenvalue weighted by Crippen LogP contribution is -2.11. The van der Waals surface area contributed by atoms with E-state index in [4.69, 9.17) is 6.42 Å². The van der Waals surface area contributed by atoms with Crippen molar-refractivity contribution >= 4 is 15.5 Å². The maximum atomic E-state index is 12.1. The first-order valence-corrected chi connectivity index (χ1v) is 7.76. The molecule has 1 rings (SSSR count). The Hall–Kier alpha value is -1.47. The monoisotopic (exact) mass is 265 g/mol. The number of para-hydroxylation sites is 1. The summed E-state index contributed by atoms with van der Waals surface area (Å²) >= 11 is 0. The lowest BCUT2D eigenvalue weighted by Gasteiger charge is -2.11. The third kappa shape index (κ3) is 4.08. The van der Waals surface area contributed by atoms with Gasteiger partial charge in [-0.2, -0.15) is 0 Å². The first-order chi connectivity index (χ1) is 8.61. The summed E-state index contributed by atoms with van der Waals surface area (Å²) in [6.45, 7) is 2.55. The summed E-state index contributed by atoms with van der Waals surface area (Å²) in [6.07, 6.45) is 7.32. The molecule has 0 heterocycles. The second kappa shape index (κ2) is 7.07.